The average molecular weight is 214 g/mol. The fourth-order valence-electron chi connectivity index (χ4n) is 1.27. The third-order valence-corrected chi connectivity index (χ3v) is 2.78. The van der Waals surface area contributed by atoms with Gasteiger partial charge in [-0.3, -0.25) is 0 Å². The monoisotopic (exact) mass is 214 g/mol. The van der Waals surface area contributed by atoms with Crippen LogP contribution in [0.25, 0.3) is 0 Å². The van der Waals surface area contributed by atoms with Crippen LogP contribution in [0.4, 0.5) is 4.39 Å². The molecule has 14 heavy (non-hydrogen) atoms. The Balaban J connectivity index is 2.43. The summed E-state index contributed by atoms with van der Waals surface area (Å²) < 4.78 is 12.6. The summed E-state index contributed by atoms with van der Waals surface area (Å²) in [5.74, 6) is 0.795. The fraction of sp³-hybridized carbons (Fsp3) is 0.455. The third kappa shape index (κ3) is 3.68. The number of benzene rings is 1. The van der Waals surface area contributed by atoms with Crippen molar-refractivity contribution in [1.82, 2.24) is 0 Å². The lowest BCUT2D eigenvalue weighted by molar-refractivity contribution is 0.167. The van der Waals surface area contributed by atoms with Crippen LogP contribution in [0.5, 0.6) is 0 Å². The SMILES string of the molecule is CSCCCC(O)c1ccc(F)cc1. The zero-order valence-corrected chi connectivity index (χ0v) is 9.06. The zero-order valence-electron chi connectivity index (χ0n) is 8.24. The molecule has 1 aromatic rings. The van der Waals surface area contributed by atoms with Crippen LogP contribution in [0.1, 0.15) is 24.5 Å². The molecule has 0 bridgehead atoms. The molecule has 1 atom stereocenters. The third-order valence-electron chi connectivity index (χ3n) is 2.08. The summed E-state index contributed by atoms with van der Waals surface area (Å²) in [6.45, 7) is 0. The molecular weight excluding hydrogens is 199 g/mol. The molecule has 0 aliphatic rings. The summed E-state index contributed by atoms with van der Waals surface area (Å²) in [5, 5.41) is 9.71. The van der Waals surface area contributed by atoms with Crippen LogP contribution in [0.3, 0.4) is 0 Å². The first-order chi connectivity index (χ1) is 6.74. The van der Waals surface area contributed by atoms with Crippen molar-refractivity contribution in [3.05, 3.63) is 35.6 Å². The lowest BCUT2D eigenvalue weighted by atomic mass is 10.1. The minimum atomic E-state index is -0.456. The van der Waals surface area contributed by atoms with E-state index in [9.17, 15) is 9.50 Å². The first kappa shape index (κ1) is 11.5. The van der Waals surface area contributed by atoms with E-state index in [0.29, 0.717) is 0 Å². The van der Waals surface area contributed by atoms with Crippen molar-refractivity contribution in [3.63, 3.8) is 0 Å². The van der Waals surface area contributed by atoms with Crippen molar-refractivity contribution >= 4 is 11.8 Å². The molecule has 1 nitrogen and oxygen atoms in total. The Morgan fingerprint density at radius 3 is 2.57 bits per heavy atom. The molecule has 3 heteroatoms. The first-order valence-corrected chi connectivity index (χ1v) is 6.06. The van der Waals surface area contributed by atoms with Crippen molar-refractivity contribution in [2.75, 3.05) is 12.0 Å². The van der Waals surface area contributed by atoms with Gasteiger partial charge in [-0.05, 0) is 42.5 Å². The van der Waals surface area contributed by atoms with Gasteiger partial charge in [-0.1, -0.05) is 12.1 Å². The van der Waals surface area contributed by atoms with Crippen LogP contribution < -0.4 is 0 Å². The number of rotatable bonds is 5. The zero-order chi connectivity index (χ0) is 10.4. The van der Waals surface area contributed by atoms with Crippen LogP contribution in [0.2, 0.25) is 0 Å². The largest absolute Gasteiger partial charge is 0.388 e. The summed E-state index contributed by atoms with van der Waals surface area (Å²) >= 11 is 1.77. The van der Waals surface area contributed by atoms with Crippen molar-refractivity contribution in [2.24, 2.45) is 0 Å². The number of aliphatic hydroxyl groups is 1. The number of hydrogen-bond acceptors (Lipinski definition) is 2. The molecule has 1 N–H and O–H groups in total. The molecule has 0 saturated carbocycles. The van der Waals surface area contributed by atoms with E-state index in [1.807, 2.05) is 6.26 Å². The molecule has 0 aliphatic carbocycles. The van der Waals surface area contributed by atoms with E-state index in [2.05, 4.69) is 0 Å². The van der Waals surface area contributed by atoms with Gasteiger partial charge in [-0.15, -0.1) is 0 Å². The molecule has 0 spiro atoms. The molecule has 0 radical (unpaired) electrons. The lowest BCUT2D eigenvalue weighted by Gasteiger charge is -2.09. The predicted molar refractivity (Wildman–Crippen MR) is 59.0 cm³/mol. The quantitative estimate of drug-likeness (QED) is 0.760. The number of aliphatic hydroxyl groups excluding tert-OH is 1. The highest BCUT2D eigenvalue weighted by Gasteiger charge is 2.06. The van der Waals surface area contributed by atoms with E-state index in [0.717, 1.165) is 24.2 Å². The number of halogens is 1. The van der Waals surface area contributed by atoms with Crippen LogP contribution in [-0.4, -0.2) is 17.1 Å². The molecule has 1 rings (SSSR count). The second kappa shape index (κ2) is 6.04. The molecular formula is C11H15FOS. The second-order valence-corrected chi connectivity index (χ2v) is 4.19. The van der Waals surface area contributed by atoms with E-state index in [1.54, 1.807) is 23.9 Å². The minimum Gasteiger partial charge on any atom is -0.388 e. The summed E-state index contributed by atoms with van der Waals surface area (Å²) in [6, 6.07) is 6.04. The van der Waals surface area contributed by atoms with Gasteiger partial charge in [-0.2, -0.15) is 11.8 Å². The van der Waals surface area contributed by atoms with Crippen LogP contribution in [0, 0.1) is 5.82 Å². The van der Waals surface area contributed by atoms with Crippen molar-refractivity contribution in [1.29, 1.82) is 0 Å². The minimum absolute atomic E-state index is 0.259. The van der Waals surface area contributed by atoms with Crippen molar-refractivity contribution in [3.8, 4) is 0 Å². The maximum absolute atomic E-state index is 12.6. The Bertz CT molecular complexity index is 260. The maximum Gasteiger partial charge on any atom is 0.123 e. The summed E-state index contributed by atoms with van der Waals surface area (Å²) in [6.07, 6.45) is 3.32. The second-order valence-electron chi connectivity index (χ2n) is 3.20. The van der Waals surface area contributed by atoms with Gasteiger partial charge in [-0.25, -0.2) is 4.39 Å². The van der Waals surface area contributed by atoms with Gasteiger partial charge in [0, 0.05) is 0 Å². The molecule has 0 saturated heterocycles. The highest BCUT2D eigenvalue weighted by atomic mass is 32.2. The Morgan fingerprint density at radius 1 is 1.36 bits per heavy atom. The lowest BCUT2D eigenvalue weighted by Crippen LogP contribution is -1.98. The smallest absolute Gasteiger partial charge is 0.123 e. The van der Waals surface area contributed by atoms with Crippen molar-refractivity contribution < 1.29 is 9.50 Å². The number of thioether (sulfide) groups is 1. The van der Waals surface area contributed by atoms with Gasteiger partial charge in [0.15, 0.2) is 0 Å². The Morgan fingerprint density at radius 2 is 2.00 bits per heavy atom. The topological polar surface area (TPSA) is 20.2 Å². The molecule has 1 unspecified atom stereocenters. The van der Waals surface area contributed by atoms with E-state index < -0.39 is 6.10 Å². The summed E-state index contributed by atoms with van der Waals surface area (Å²) in [4.78, 5) is 0. The normalized spacial score (nSPS) is 12.8. The maximum atomic E-state index is 12.6. The fourth-order valence-corrected chi connectivity index (χ4v) is 1.73. The molecule has 0 aromatic heterocycles. The van der Waals surface area contributed by atoms with Gasteiger partial charge >= 0.3 is 0 Å². The predicted octanol–water partition coefficient (Wildman–Crippen LogP) is 3.00. The van der Waals surface area contributed by atoms with Crippen LogP contribution in [0.15, 0.2) is 24.3 Å². The summed E-state index contributed by atoms with van der Waals surface area (Å²) in [5.41, 5.74) is 0.799. The standard InChI is InChI=1S/C11H15FOS/c1-14-8-2-3-11(13)9-4-6-10(12)7-5-9/h4-7,11,13H,2-3,8H2,1H3. The van der Waals surface area contributed by atoms with E-state index in [4.69, 9.17) is 0 Å². The van der Waals surface area contributed by atoms with Gasteiger partial charge in [0.25, 0.3) is 0 Å². The van der Waals surface area contributed by atoms with E-state index >= 15 is 0 Å². The molecule has 0 aliphatic heterocycles. The molecule has 1 aromatic carbocycles. The Kier molecular flexibility index (Phi) is 4.98. The van der Waals surface area contributed by atoms with Gasteiger partial charge in [0.2, 0.25) is 0 Å². The highest BCUT2D eigenvalue weighted by Crippen LogP contribution is 2.19. The molecule has 0 fully saturated rings. The summed E-state index contributed by atoms with van der Waals surface area (Å²) in [7, 11) is 0. The van der Waals surface area contributed by atoms with Gasteiger partial charge < -0.3 is 5.11 Å². The van der Waals surface area contributed by atoms with Crippen LogP contribution >= 0.6 is 11.8 Å². The average Bonchev–Trinajstić information content (AvgIpc) is 2.19. The van der Waals surface area contributed by atoms with Crippen molar-refractivity contribution in [2.45, 2.75) is 18.9 Å². The number of hydrogen-bond donors (Lipinski definition) is 1. The Hall–Kier alpha value is -0.540. The van der Waals surface area contributed by atoms with Gasteiger partial charge in [0.1, 0.15) is 5.82 Å². The molecule has 0 heterocycles. The van der Waals surface area contributed by atoms with E-state index in [1.165, 1.54) is 12.1 Å². The molecule has 78 valence electrons. The Labute approximate surface area is 88.3 Å². The van der Waals surface area contributed by atoms with E-state index in [-0.39, 0.29) is 5.82 Å². The highest BCUT2D eigenvalue weighted by molar-refractivity contribution is 7.98. The first-order valence-electron chi connectivity index (χ1n) is 4.66. The van der Waals surface area contributed by atoms with Crippen LogP contribution in [-0.2, 0) is 0 Å². The molecule has 0 amide bonds. The van der Waals surface area contributed by atoms with Gasteiger partial charge in [0.05, 0.1) is 6.10 Å².